The zero-order chi connectivity index (χ0) is 41.6. The monoisotopic (exact) mass is 821 g/mol. The molecule has 1 aliphatic carbocycles. The topological polar surface area (TPSA) is 210 Å². The molecule has 0 saturated heterocycles. The average Bonchev–Trinajstić information content (AvgIpc) is 3.43. The molecule has 1 saturated carbocycles. The van der Waals surface area contributed by atoms with Crippen LogP contribution in [0.3, 0.4) is 0 Å². The number of carbonyl (C=O) groups is 2. The van der Waals surface area contributed by atoms with Crippen molar-refractivity contribution in [2.24, 2.45) is 17.8 Å². The van der Waals surface area contributed by atoms with E-state index in [1.807, 2.05) is 18.2 Å². The number of carbonyl (C=O) groups excluding carboxylic acids is 2. The second-order valence-electron chi connectivity index (χ2n) is 15.8. The van der Waals surface area contributed by atoms with E-state index in [9.17, 15) is 39.5 Å². The number of phosphoric ester groups is 1. The average molecular weight is 821 g/mol. The molecule has 0 aromatic heterocycles. The van der Waals surface area contributed by atoms with Crippen molar-refractivity contribution in [1.82, 2.24) is 0 Å². The molecule has 6 N–H and O–H groups in total. The first-order valence-electron chi connectivity index (χ1n) is 21.4. The van der Waals surface area contributed by atoms with Gasteiger partial charge in [-0.05, 0) is 43.9 Å². The molecular weight excluding hydrogens is 743 g/mol. The molecule has 0 heterocycles. The Kier molecular flexibility index (Phi) is 30.1. The fraction of sp³-hybridized carbons (Fsp3) is 0.857. The van der Waals surface area contributed by atoms with Crippen molar-refractivity contribution in [2.45, 2.75) is 186 Å². The van der Waals surface area contributed by atoms with Gasteiger partial charge in [-0.3, -0.25) is 18.6 Å². The van der Waals surface area contributed by atoms with Crippen LogP contribution in [0.25, 0.3) is 0 Å². The molecule has 0 bridgehead atoms. The van der Waals surface area contributed by atoms with Crippen LogP contribution in [0.1, 0.15) is 156 Å². The van der Waals surface area contributed by atoms with Crippen LogP contribution in [-0.4, -0.2) is 99.3 Å². The number of unbranched alkanes of at least 4 members (excludes halogenated alkanes) is 12. The van der Waals surface area contributed by atoms with Gasteiger partial charge >= 0.3 is 19.8 Å². The zero-order valence-electron chi connectivity index (χ0n) is 34.6. The van der Waals surface area contributed by atoms with Gasteiger partial charge < -0.3 is 39.9 Å². The second kappa shape index (κ2) is 32.2. The normalized spacial score (nSPS) is 21.5. The lowest BCUT2D eigenvalue weighted by Crippen LogP contribution is -2.29. The summed E-state index contributed by atoms with van der Waals surface area (Å²) in [6.45, 7) is 4.29. The number of aliphatic hydroxyl groups excluding tert-OH is 5. The Balaban J connectivity index is 2.49. The Morgan fingerprint density at radius 1 is 0.768 bits per heavy atom. The molecule has 13 nitrogen and oxygen atoms in total. The molecule has 14 heteroatoms. The van der Waals surface area contributed by atoms with E-state index < -0.39 is 76.7 Å². The Bertz CT molecular complexity index is 1120. The van der Waals surface area contributed by atoms with Crippen LogP contribution >= 0.6 is 7.82 Å². The fourth-order valence-electron chi connectivity index (χ4n) is 6.70. The summed E-state index contributed by atoms with van der Waals surface area (Å²) in [5.41, 5.74) is 0. The van der Waals surface area contributed by atoms with Gasteiger partial charge in [-0.1, -0.05) is 129 Å². The molecule has 8 atom stereocenters. The maximum absolute atomic E-state index is 12.6. The minimum absolute atomic E-state index is 0.0662. The molecule has 0 aromatic carbocycles. The highest BCUT2D eigenvalue weighted by atomic mass is 31.2. The van der Waals surface area contributed by atoms with Gasteiger partial charge in [-0.25, -0.2) is 4.57 Å². The van der Waals surface area contributed by atoms with Crippen molar-refractivity contribution in [3.05, 3.63) is 24.3 Å². The standard InChI is InChI=1S/C42H77O13P/c1-4-5-16-22-34(44)26-27-38-37(39(46)28-40(38)47)23-18-14-15-19-24-41(48)52-31-36(32-54-56(50,51)53-30-35(45)29-43)55-42(49)25-20-13-11-9-7-6-8-10-12-17-21-33(2)3/h14,18,26-27,33-40,43-47H,4-13,15-17,19-25,28-32H2,1-3H3,(H,50,51)/b18-14+,27-26+/t34-,35-,36+,37+,38+,39-,40+/m0/s1. The lowest BCUT2D eigenvalue weighted by atomic mass is 9.89. The van der Waals surface area contributed by atoms with E-state index in [1.54, 1.807) is 6.08 Å². The van der Waals surface area contributed by atoms with Gasteiger partial charge in [0.05, 0.1) is 38.1 Å². The predicted octanol–water partition coefficient (Wildman–Crippen LogP) is 7.24. The quantitative estimate of drug-likeness (QED) is 0.0162. The van der Waals surface area contributed by atoms with Gasteiger partial charge in [0.2, 0.25) is 0 Å². The lowest BCUT2D eigenvalue weighted by molar-refractivity contribution is -0.161. The van der Waals surface area contributed by atoms with Crippen LogP contribution in [0, 0.1) is 17.8 Å². The van der Waals surface area contributed by atoms with Crippen molar-refractivity contribution >= 4 is 19.8 Å². The molecule has 1 rings (SSSR count). The second-order valence-corrected chi connectivity index (χ2v) is 17.3. The number of aliphatic hydroxyl groups is 5. The number of ether oxygens (including phenoxy) is 2. The summed E-state index contributed by atoms with van der Waals surface area (Å²) in [4.78, 5) is 35.1. The van der Waals surface area contributed by atoms with Crippen molar-refractivity contribution in [2.75, 3.05) is 26.4 Å². The van der Waals surface area contributed by atoms with Gasteiger partial charge in [0, 0.05) is 25.2 Å². The van der Waals surface area contributed by atoms with E-state index in [-0.39, 0.29) is 31.1 Å². The Morgan fingerprint density at radius 2 is 1.38 bits per heavy atom. The highest BCUT2D eigenvalue weighted by molar-refractivity contribution is 7.47. The number of hydrogen-bond acceptors (Lipinski definition) is 12. The minimum Gasteiger partial charge on any atom is -0.462 e. The number of esters is 2. The molecule has 0 spiro atoms. The molecule has 328 valence electrons. The van der Waals surface area contributed by atoms with Crippen LogP contribution in [0.2, 0.25) is 0 Å². The van der Waals surface area contributed by atoms with Gasteiger partial charge in [-0.15, -0.1) is 0 Å². The third-order valence-corrected chi connectivity index (χ3v) is 11.1. The smallest absolute Gasteiger partial charge is 0.462 e. The molecule has 56 heavy (non-hydrogen) atoms. The minimum atomic E-state index is -4.67. The summed E-state index contributed by atoms with van der Waals surface area (Å²) < 4.78 is 32.6. The number of hydrogen-bond donors (Lipinski definition) is 6. The van der Waals surface area contributed by atoms with E-state index in [0.717, 1.165) is 44.4 Å². The predicted molar refractivity (Wildman–Crippen MR) is 216 cm³/mol. The summed E-state index contributed by atoms with van der Waals surface area (Å²) in [5.74, 6) is -0.781. The van der Waals surface area contributed by atoms with Crippen molar-refractivity contribution < 1.29 is 63.1 Å². The first kappa shape index (κ1) is 52.3. The highest BCUT2D eigenvalue weighted by Crippen LogP contribution is 2.43. The molecule has 1 unspecified atom stereocenters. The SMILES string of the molecule is CCCCC[C@H](O)/C=C/[C@@H]1[C@@H](C/C=C/CCCC(=O)OC[C@H](COP(=O)(O)OC[C@@H](O)CO)OC(=O)CCCCCCCCCCCCC(C)C)[C@@H](O)C[C@H]1O. The Hall–Kier alpha value is -1.67. The number of allylic oxidation sites excluding steroid dienone is 2. The summed E-state index contributed by atoms with van der Waals surface area (Å²) >= 11 is 0. The first-order valence-corrected chi connectivity index (χ1v) is 22.9. The molecule has 0 aromatic rings. The molecule has 0 radical (unpaired) electrons. The van der Waals surface area contributed by atoms with Crippen LogP contribution in [0.5, 0.6) is 0 Å². The van der Waals surface area contributed by atoms with Gasteiger partial charge in [0.1, 0.15) is 12.7 Å². The molecule has 0 aliphatic heterocycles. The van der Waals surface area contributed by atoms with Crippen molar-refractivity contribution in [1.29, 1.82) is 0 Å². The van der Waals surface area contributed by atoms with Crippen LogP contribution in [-0.2, 0) is 32.7 Å². The van der Waals surface area contributed by atoms with E-state index >= 15 is 0 Å². The summed E-state index contributed by atoms with van der Waals surface area (Å²) in [5, 5.41) is 49.6. The van der Waals surface area contributed by atoms with Crippen LogP contribution in [0.15, 0.2) is 24.3 Å². The molecular formula is C42H77O13P. The summed E-state index contributed by atoms with van der Waals surface area (Å²) in [6.07, 6.45) is 21.1. The van der Waals surface area contributed by atoms with E-state index in [1.165, 1.54) is 44.9 Å². The lowest BCUT2D eigenvalue weighted by Gasteiger charge is -2.20. The van der Waals surface area contributed by atoms with Crippen molar-refractivity contribution in [3.63, 3.8) is 0 Å². The Labute approximate surface area is 336 Å². The van der Waals surface area contributed by atoms with Gasteiger partial charge in [0.15, 0.2) is 6.10 Å². The van der Waals surface area contributed by atoms with E-state index in [0.29, 0.717) is 32.1 Å². The summed E-state index contributed by atoms with van der Waals surface area (Å²) in [6, 6.07) is 0. The van der Waals surface area contributed by atoms with E-state index in [4.69, 9.17) is 19.1 Å². The maximum Gasteiger partial charge on any atom is 0.472 e. The highest BCUT2D eigenvalue weighted by Gasteiger charge is 2.39. The fourth-order valence-corrected chi connectivity index (χ4v) is 7.49. The number of phosphoric acid groups is 1. The van der Waals surface area contributed by atoms with Crippen LogP contribution in [0.4, 0.5) is 0 Å². The summed E-state index contributed by atoms with van der Waals surface area (Å²) in [7, 11) is -4.67. The maximum atomic E-state index is 12.6. The zero-order valence-corrected chi connectivity index (χ0v) is 35.5. The molecule has 0 amide bonds. The van der Waals surface area contributed by atoms with E-state index in [2.05, 4.69) is 25.3 Å². The molecule has 1 aliphatic rings. The van der Waals surface area contributed by atoms with Gasteiger partial charge in [-0.2, -0.15) is 0 Å². The third kappa shape index (κ3) is 27.1. The Morgan fingerprint density at radius 3 is 2.02 bits per heavy atom. The van der Waals surface area contributed by atoms with Gasteiger partial charge in [0.25, 0.3) is 0 Å². The first-order chi connectivity index (χ1) is 26.8. The molecule has 1 fully saturated rings. The largest absolute Gasteiger partial charge is 0.472 e. The number of rotatable bonds is 35. The van der Waals surface area contributed by atoms with Crippen molar-refractivity contribution in [3.8, 4) is 0 Å². The third-order valence-electron chi connectivity index (χ3n) is 10.1. The van der Waals surface area contributed by atoms with Crippen LogP contribution < -0.4 is 0 Å².